The fourth-order valence-electron chi connectivity index (χ4n) is 2.67. The Hall–Kier alpha value is -1.98. The van der Waals surface area contributed by atoms with Crippen molar-refractivity contribution < 1.29 is 9.26 Å². The zero-order valence-electron chi connectivity index (χ0n) is 13.7. The Balaban J connectivity index is 1.38. The molecule has 1 aromatic heterocycles. The fraction of sp³-hybridized carbons (Fsp3) is 0.444. The molecule has 1 aliphatic heterocycles. The van der Waals surface area contributed by atoms with Gasteiger partial charge in [0.1, 0.15) is 6.61 Å². The lowest BCUT2D eigenvalue weighted by atomic mass is 10.1. The van der Waals surface area contributed by atoms with E-state index in [1.807, 2.05) is 13.0 Å². The molecule has 23 heavy (non-hydrogen) atoms. The Bertz CT molecular complexity index is 645. The Morgan fingerprint density at radius 1 is 1.35 bits per heavy atom. The van der Waals surface area contributed by atoms with Gasteiger partial charge in [-0.05, 0) is 12.5 Å². The minimum absolute atomic E-state index is 0.261. The molecular weight excluding hydrogens is 290 g/mol. The van der Waals surface area contributed by atoms with Crippen LogP contribution in [-0.2, 0) is 17.8 Å². The highest BCUT2D eigenvalue weighted by Crippen LogP contribution is 2.16. The van der Waals surface area contributed by atoms with Gasteiger partial charge in [-0.2, -0.15) is 4.98 Å². The van der Waals surface area contributed by atoms with Crippen molar-refractivity contribution in [2.45, 2.75) is 33.0 Å². The number of ether oxygens (including phenoxy) is 1. The van der Waals surface area contributed by atoms with Crippen LogP contribution in [0.5, 0.6) is 0 Å². The molecule has 2 aromatic rings. The van der Waals surface area contributed by atoms with Crippen molar-refractivity contribution in [1.82, 2.24) is 15.0 Å². The first-order valence-corrected chi connectivity index (χ1v) is 8.10. The van der Waals surface area contributed by atoms with E-state index in [2.05, 4.69) is 52.3 Å². The third kappa shape index (κ3) is 4.50. The summed E-state index contributed by atoms with van der Waals surface area (Å²) in [6.07, 6.45) is 3.28. The fourth-order valence-corrected chi connectivity index (χ4v) is 2.67. The van der Waals surface area contributed by atoms with Gasteiger partial charge in [0.05, 0.1) is 6.10 Å². The Morgan fingerprint density at radius 2 is 2.13 bits per heavy atom. The lowest BCUT2D eigenvalue weighted by molar-refractivity contribution is -0.0653. The first-order chi connectivity index (χ1) is 11.2. The van der Waals surface area contributed by atoms with Crippen molar-refractivity contribution in [1.29, 1.82) is 0 Å². The van der Waals surface area contributed by atoms with E-state index in [1.54, 1.807) is 0 Å². The Labute approximate surface area is 137 Å². The quantitative estimate of drug-likeness (QED) is 0.786. The molecule has 1 saturated heterocycles. The van der Waals surface area contributed by atoms with Gasteiger partial charge < -0.3 is 9.26 Å². The molecule has 122 valence electrons. The van der Waals surface area contributed by atoms with Crippen LogP contribution in [0.4, 0.5) is 0 Å². The van der Waals surface area contributed by atoms with Crippen LogP contribution in [0.2, 0.25) is 0 Å². The maximum absolute atomic E-state index is 5.79. The van der Waals surface area contributed by atoms with Gasteiger partial charge in [0.25, 0.3) is 5.89 Å². The van der Waals surface area contributed by atoms with Gasteiger partial charge in [-0.3, -0.25) is 4.90 Å². The molecule has 2 heterocycles. The highest BCUT2D eigenvalue weighted by Gasteiger charge is 2.27. The van der Waals surface area contributed by atoms with Gasteiger partial charge in [0.15, 0.2) is 5.82 Å². The van der Waals surface area contributed by atoms with E-state index in [4.69, 9.17) is 9.26 Å². The molecule has 1 aliphatic rings. The minimum atomic E-state index is 0.261. The molecule has 0 saturated carbocycles. The van der Waals surface area contributed by atoms with Gasteiger partial charge in [0, 0.05) is 26.1 Å². The molecule has 5 heteroatoms. The van der Waals surface area contributed by atoms with Crippen LogP contribution < -0.4 is 0 Å². The zero-order chi connectivity index (χ0) is 16.1. The summed E-state index contributed by atoms with van der Waals surface area (Å²) in [6.45, 7) is 7.47. The largest absolute Gasteiger partial charge is 0.366 e. The molecule has 3 rings (SSSR count). The van der Waals surface area contributed by atoms with Gasteiger partial charge in [-0.25, -0.2) is 0 Å². The highest BCUT2D eigenvalue weighted by atomic mass is 16.5. The van der Waals surface area contributed by atoms with E-state index in [0.717, 1.165) is 31.9 Å². The molecule has 5 nitrogen and oxygen atoms in total. The minimum Gasteiger partial charge on any atom is -0.366 e. The van der Waals surface area contributed by atoms with Crippen LogP contribution in [0.1, 0.15) is 31.1 Å². The molecule has 1 aromatic carbocycles. The zero-order valence-corrected chi connectivity index (χ0v) is 13.7. The average Bonchev–Trinajstić information content (AvgIpc) is 2.98. The van der Waals surface area contributed by atoms with Crippen molar-refractivity contribution in [3.05, 3.63) is 53.2 Å². The number of hydrogen-bond acceptors (Lipinski definition) is 5. The average molecular weight is 313 g/mol. The Morgan fingerprint density at radius 3 is 2.83 bits per heavy atom. The first-order valence-electron chi connectivity index (χ1n) is 8.10. The van der Waals surface area contributed by atoms with E-state index in [-0.39, 0.29) is 6.10 Å². The molecule has 0 unspecified atom stereocenters. The third-order valence-electron chi connectivity index (χ3n) is 3.88. The summed E-state index contributed by atoms with van der Waals surface area (Å²) in [5.74, 6) is 1.31. The molecule has 0 aliphatic carbocycles. The molecule has 0 radical (unpaired) electrons. The summed E-state index contributed by atoms with van der Waals surface area (Å²) in [7, 11) is 0. The van der Waals surface area contributed by atoms with Crippen molar-refractivity contribution in [2.24, 2.45) is 0 Å². The summed E-state index contributed by atoms with van der Waals surface area (Å²) in [4.78, 5) is 6.63. The van der Waals surface area contributed by atoms with Crippen LogP contribution in [0, 0.1) is 0 Å². The lowest BCUT2D eigenvalue weighted by Crippen LogP contribution is -2.52. The number of hydrogen-bond donors (Lipinski definition) is 0. The number of nitrogens with zero attached hydrogens (tertiary/aromatic N) is 3. The van der Waals surface area contributed by atoms with Crippen molar-refractivity contribution in [2.75, 3.05) is 19.6 Å². The number of likely N-dealkylation sites (tertiary alicyclic amines) is 1. The second kappa shape index (κ2) is 7.53. The predicted molar refractivity (Wildman–Crippen MR) is 88.8 cm³/mol. The van der Waals surface area contributed by atoms with Gasteiger partial charge in [-0.15, -0.1) is 0 Å². The van der Waals surface area contributed by atoms with Crippen LogP contribution in [0.25, 0.3) is 6.08 Å². The molecule has 0 amide bonds. The van der Waals surface area contributed by atoms with Crippen LogP contribution in [0.15, 0.2) is 40.4 Å². The molecular formula is C18H23N3O2. The number of aromatic nitrogens is 2. The second-order valence-electron chi connectivity index (χ2n) is 5.99. The lowest BCUT2D eigenvalue weighted by Gasteiger charge is -2.38. The van der Waals surface area contributed by atoms with E-state index < -0.39 is 0 Å². The maximum atomic E-state index is 5.79. The summed E-state index contributed by atoms with van der Waals surface area (Å²) in [6, 6.07) is 10.4. The summed E-state index contributed by atoms with van der Waals surface area (Å²) in [5, 5.41) is 3.87. The SMILES string of the molecule is CCc1noc(COC2CN(C/C(C)=C/c3ccccc3)C2)n1. The topological polar surface area (TPSA) is 51.4 Å². The number of benzene rings is 1. The van der Waals surface area contributed by atoms with Crippen LogP contribution in [0.3, 0.4) is 0 Å². The number of aryl methyl sites for hydroxylation is 1. The molecule has 1 fully saturated rings. The van der Waals surface area contributed by atoms with Gasteiger partial charge >= 0.3 is 0 Å². The van der Waals surface area contributed by atoms with Crippen LogP contribution >= 0.6 is 0 Å². The van der Waals surface area contributed by atoms with Crippen molar-refractivity contribution >= 4 is 6.08 Å². The van der Waals surface area contributed by atoms with Crippen LogP contribution in [-0.4, -0.2) is 40.8 Å². The van der Waals surface area contributed by atoms with Gasteiger partial charge in [-0.1, -0.05) is 54.1 Å². The molecule has 0 atom stereocenters. The molecule has 0 spiro atoms. The maximum Gasteiger partial charge on any atom is 0.252 e. The van der Waals surface area contributed by atoms with E-state index in [0.29, 0.717) is 12.5 Å². The van der Waals surface area contributed by atoms with Crippen molar-refractivity contribution in [3.63, 3.8) is 0 Å². The van der Waals surface area contributed by atoms with E-state index in [9.17, 15) is 0 Å². The van der Waals surface area contributed by atoms with E-state index >= 15 is 0 Å². The monoisotopic (exact) mass is 313 g/mol. The molecule has 0 N–H and O–H groups in total. The first kappa shape index (κ1) is 15.9. The standard InChI is InChI=1S/C18H23N3O2/c1-3-17-19-18(23-20-17)13-22-16-11-21(12-16)10-14(2)9-15-7-5-4-6-8-15/h4-9,16H,3,10-13H2,1-2H3/b14-9+. The van der Waals surface area contributed by atoms with Gasteiger partial charge in [0.2, 0.25) is 0 Å². The molecule has 0 bridgehead atoms. The second-order valence-corrected chi connectivity index (χ2v) is 5.99. The van der Waals surface area contributed by atoms with Crippen molar-refractivity contribution in [3.8, 4) is 0 Å². The normalized spacial score (nSPS) is 16.5. The smallest absolute Gasteiger partial charge is 0.252 e. The summed E-state index contributed by atoms with van der Waals surface area (Å²) >= 11 is 0. The highest BCUT2D eigenvalue weighted by molar-refractivity contribution is 5.52. The summed E-state index contributed by atoms with van der Waals surface area (Å²) in [5.41, 5.74) is 2.61. The van der Waals surface area contributed by atoms with E-state index in [1.165, 1.54) is 11.1 Å². The third-order valence-corrected chi connectivity index (χ3v) is 3.88. The summed E-state index contributed by atoms with van der Waals surface area (Å²) < 4.78 is 10.9. The Kier molecular flexibility index (Phi) is 5.20. The number of rotatable bonds is 7. The predicted octanol–water partition coefficient (Wildman–Crippen LogP) is 2.94.